The van der Waals surface area contributed by atoms with Gasteiger partial charge in [-0.25, -0.2) is 0 Å². The summed E-state index contributed by atoms with van der Waals surface area (Å²) in [5, 5.41) is 8.99. The molecule has 2 rings (SSSR count). The zero-order chi connectivity index (χ0) is 16.8. The third kappa shape index (κ3) is 4.22. The van der Waals surface area contributed by atoms with Crippen molar-refractivity contribution in [1.29, 1.82) is 0 Å². The quantitative estimate of drug-likeness (QED) is 0.673. The molecule has 0 aliphatic carbocycles. The van der Waals surface area contributed by atoms with Crippen molar-refractivity contribution in [3.8, 4) is 0 Å². The molecule has 1 aliphatic rings. The molecular formula is C17H25N3O3. The van der Waals surface area contributed by atoms with E-state index in [1.807, 2.05) is 13.0 Å². The molecule has 0 aromatic heterocycles. The molecule has 0 saturated carbocycles. The predicted molar refractivity (Wildman–Crippen MR) is 90.8 cm³/mol. The van der Waals surface area contributed by atoms with Gasteiger partial charge in [-0.3, -0.25) is 9.59 Å². The number of carbonyl (C=O) groups excluding carboxylic acids is 2. The zero-order valence-electron chi connectivity index (χ0n) is 13.9. The van der Waals surface area contributed by atoms with E-state index < -0.39 is 0 Å². The molecule has 1 aromatic carbocycles. The SMILES string of the molecule is CC[C@H](C)[C@@H]1Nc2ccc(C(=O)NCCCOC)cc2NC1=O. The molecule has 6 heteroatoms. The van der Waals surface area contributed by atoms with E-state index in [4.69, 9.17) is 4.74 Å². The molecule has 2 amide bonds. The number of anilines is 2. The number of nitrogens with one attached hydrogen (secondary N) is 3. The first kappa shape index (κ1) is 17.3. The molecular weight excluding hydrogens is 294 g/mol. The fourth-order valence-electron chi connectivity index (χ4n) is 2.52. The second kappa shape index (κ2) is 7.97. The van der Waals surface area contributed by atoms with Gasteiger partial charge in [-0.1, -0.05) is 20.3 Å². The zero-order valence-corrected chi connectivity index (χ0v) is 13.9. The molecule has 1 aromatic rings. The maximum absolute atomic E-state index is 12.2. The van der Waals surface area contributed by atoms with E-state index in [9.17, 15) is 9.59 Å². The Morgan fingerprint density at radius 2 is 2.17 bits per heavy atom. The van der Waals surface area contributed by atoms with Crippen LogP contribution in [0.25, 0.3) is 0 Å². The van der Waals surface area contributed by atoms with Crippen molar-refractivity contribution < 1.29 is 14.3 Å². The fraction of sp³-hybridized carbons (Fsp3) is 0.529. The maximum Gasteiger partial charge on any atom is 0.251 e. The van der Waals surface area contributed by atoms with E-state index in [0.29, 0.717) is 24.4 Å². The van der Waals surface area contributed by atoms with Gasteiger partial charge in [0.2, 0.25) is 5.91 Å². The molecule has 23 heavy (non-hydrogen) atoms. The standard InChI is InChI=1S/C17H25N3O3/c1-4-11(2)15-17(22)20-14-10-12(6-7-13(14)19-15)16(21)18-8-5-9-23-3/h6-7,10-11,15,19H,4-5,8-9H2,1-3H3,(H,18,21)(H,20,22)/t11-,15-/m0/s1. The van der Waals surface area contributed by atoms with E-state index in [0.717, 1.165) is 18.5 Å². The summed E-state index contributed by atoms with van der Waals surface area (Å²) in [6.45, 7) is 5.28. The lowest BCUT2D eigenvalue weighted by molar-refractivity contribution is -0.118. The van der Waals surface area contributed by atoms with Crippen molar-refractivity contribution in [1.82, 2.24) is 5.32 Å². The first-order valence-corrected chi connectivity index (χ1v) is 8.05. The molecule has 6 nitrogen and oxygen atoms in total. The Hall–Kier alpha value is -2.08. The van der Waals surface area contributed by atoms with Crippen LogP contribution in [-0.4, -0.2) is 38.1 Å². The minimum Gasteiger partial charge on any atom is -0.385 e. The van der Waals surface area contributed by atoms with E-state index in [1.54, 1.807) is 19.2 Å². The molecule has 126 valence electrons. The summed E-state index contributed by atoms with van der Waals surface area (Å²) in [7, 11) is 1.63. The lowest BCUT2D eigenvalue weighted by atomic mass is 9.95. The summed E-state index contributed by atoms with van der Waals surface area (Å²) in [5.41, 5.74) is 2.04. The van der Waals surface area contributed by atoms with Crippen LogP contribution in [0, 0.1) is 5.92 Å². The minimum absolute atomic E-state index is 0.0514. The lowest BCUT2D eigenvalue weighted by Crippen LogP contribution is -2.43. The summed E-state index contributed by atoms with van der Waals surface area (Å²) in [6, 6.07) is 5.08. The lowest BCUT2D eigenvalue weighted by Gasteiger charge is -2.30. The second-order valence-electron chi connectivity index (χ2n) is 5.86. The van der Waals surface area contributed by atoms with Crippen LogP contribution in [0.2, 0.25) is 0 Å². The van der Waals surface area contributed by atoms with Crippen molar-refractivity contribution >= 4 is 23.2 Å². The Labute approximate surface area is 137 Å². The second-order valence-corrected chi connectivity index (χ2v) is 5.86. The van der Waals surface area contributed by atoms with E-state index in [-0.39, 0.29) is 23.8 Å². The highest BCUT2D eigenvalue weighted by molar-refractivity contribution is 6.05. The van der Waals surface area contributed by atoms with Gasteiger partial charge in [-0.2, -0.15) is 0 Å². The molecule has 0 unspecified atom stereocenters. The fourth-order valence-corrected chi connectivity index (χ4v) is 2.52. The van der Waals surface area contributed by atoms with Crippen LogP contribution in [0.3, 0.4) is 0 Å². The number of ether oxygens (including phenoxy) is 1. The average molecular weight is 319 g/mol. The van der Waals surface area contributed by atoms with Crippen LogP contribution in [0.1, 0.15) is 37.0 Å². The van der Waals surface area contributed by atoms with Gasteiger partial charge in [-0.05, 0) is 30.5 Å². The predicted octanol–water partition coefficient (Wildman–Crippen LogP) is 2.23. The van der Waals surface area contributed by atoms with E-state index in [1.165, 1.54) is 0 Å². The number of rotatable bonds is 7. The molecule has 0 saturated heterocycles. The minimum atomic E-state index is -0.235. The maximum atomic E-state index is 12.2. The Morgan fingerprint density at radius 1 is 1.39 bits per heavy atom. The Kier molecular flexibility index (Phi) is 5.98. The molecule has 1 heterocycles. The summed E-state index contributed by atoms with van der Waals surface area (Å²) in [4.78, 5) is 24.3. The Balaban J connectivity index is 2.04. The summed E-state index contributed by atoms with van der Waals surface area (Å²) in [5.74, 6) is 0.0404. The highest BCUT2D eigenvalue weighted by Crippen LogP contribution is 2.30. The molecule has 0 fully saturated rings. The van der Waals surface area contributed by atoms with Gasteiger partial charge in [0.1, 0.15) is 6.04 Å². The number of fused-ring (bicyclic) bond motifs is 1. The topological polar surface area (TPSA) is 79.5 Å². The van der Waals surface area contributed by atoms with Crippen LogP contribution in [-0.2, 0) is 9.53 Å². The molecule has 0 radical (unpaired) electrons. The van der Waals surface area contributed by atoms with Crippen LogP contribution in [0.4, 0.5) is 11.4 Å². The van der Waals surface area contributed by atoms with Gasteiger partial charge in [0.05, 0.1) is 11.4 Å². The van der Waals surface area contributed by atoms with Crippen molar-refractivity contribution in [2.45, 2.75) is 32.7 Å². The van der Waals surface area contributed by atoms with Gasteiger partial charge in [0, 0.05) is 25.8 Å². The first-order chi connectivity index (χ1) is 11.1. The van der Waals surface area contributed by atoms with Crippen molar-refractivity contribution in [3.05, 3.63) is 23.8 Å². The molecule has 3 N–H and O–H groups in total. The highest BCUT2D eigenvalue weighted by atomic mass is 16.5. The van der Waals surface area contributed by atoms with Gasteiger partial charge in [0.15, 0.2) is 0 Å². The van der Waals surface area contributed by atoms with Gasteiger partial charge in [0.25, 0.3) is 5.91 Å². The molecule has 1 aliphatic heterocycles. The highest BCUT2D eigenvalue weighted by Gasteiger charge is 2.29. The Bertz CT molecular complexity index is 574. The third-order valence-electron chi connectivity index (χ3n) is 4.16. The monoisotopic (exact) mass is 319 g/mol. The van der Waals surface area contributed by atoms with Crippen LogP contribution < -0.4 is 16.0 Å². The number of carbonyl (C=O) groups is 2. The van der Waals surface area contributed by atoms with Crippen LogP contribution in [0.15, 0.2) is 18.2 Å². The van der Waals surface area contributed by atoms with Gasteiger partial charge < -0.3 is 20.7 Å². The van der Waals surface area contributed by atoms with Crippen molar-refractivity contribution in [3.63, 3.8) is 0 Å². The number of benzene rings is 1. The third-order valence-corrected chi connectivity index (χ3v) is 4.16. The van der Waals surface area contributed by atoms with Crippen LogP contribution in [0.5, 0.6) is 0 Å². The average Bonchev–Trinajstić information content (AvgIpc) is 2.56. The van der Waals surface area contributed by atoms with Crippen molar-refractivity contribution in [2.75, 3.05) is 30.9 Å². The Morgan fingerprint density at radius 3 is 2.87 bits per heavy atom. The number of amides is 2. The van der Waals surface area contributed by atoms with Gasteiger partial charge >= 0.3 is 0 Å². The summed E-state index contributed by atoms with van der Waals surface area (Å²) >= 11 is 0. The van der Waals surface area contributed by atoms with E-state index in [2.05, 4.69) is 22.9 Å². The van der Waals surface area contributed by atoms with Crippen LogP contribution >= 0.6 is 0 Å². The normalized spacial score (nSPS) is 17.7. The molecule has 0 bridgehead atoms. The van der Waals surface area contributed by atoms with Crippen molar-refractivity contribution in [2.24, 2.45) is 5.92 Å². The molecule has 0 spiro atoms. The first-order valence-electron chi connectivity index (χ1n) is 8.05. The number of hydrogen-bond acceptors (Lipinski definition) is 4. The molecule has 2 atom stereocenters. The smallest absolute Gasteiger partial charge is 0.251 e. The summed E-state index contributed by atoms with van der Waals surface area (Å²) in [6.07, 6.45) is 1.68. The van der Waals surface area contributed by atoms with E-state index >= 15 is 0 Å². The number of hydrogen-bond donors (Lipinski definition) is 3. The van der Waals surface area contributed by atoms with Gasteiger partial charge in [-0.15, -0.1) is 0 Å². The number of methoxy groups -OCH3 is 1. The summed E-state index contributed by atoms with van der Waals surface area (Å²) < 4.78 is 4.95. The largest absolute Gasteiger partial charge is 0.385 e.